The molecule has 0 unspecified atom stereocenters. The van der Waals surface area contributed by atoms with Gasteiger partial charge in [0.05, 0.1) is 105 Å². The first kappa shape index (κ1) is 99.8. The van der Waals surface area contributed by atoms with Crippen molar-refractivity contribution in [1.29, 1.82) is 0 Å². The molecule has 14 aliphatic heterocycles. The van der Waals surface area contributed by atoms with Crippen molar-refractivity contribution in [3.63, 3.8) is 0 Å². The molecule has 0 bridgehead atoms. The average Bonchev–Trinajstić information content (AvgIpc) is 1.61. The van der Waals surface area contributed by atoms with Crippen molar-refractivity contribution in [2.45, 2.75) is 396 Å². The van der Waals surface area contributed by atoms with Crippen LogP contribution < -0.4 is 0 Å². The summed E-state index contributed by atoms with van der Waals surface area (Å²) in [4.78, 5) is 19.1. The number of hydrogen-bond acceptors (Lipinski definition) is 22. The van der Waals surface area contributed by atoms with Gasteiger partial charge in [-0.15, -0.1) is 35.3 Å². The van der Waals surface area contributed by atoms with E-state index in [9.17, 15) is 16.8 Å². The summed E-state index contributed by atoms with van der Waals surface area (Å²) in [5.41, 5.74) is 1.08. The summed E-state index contributed by atoms with van der Waals surface area (Å²) in [6.07, 6.45) is 8.58. The van der Waals surface area contributed by atoms with Gasteiger partial charge in [-0.1, -0.05) is 125 Å². The molecule has 0 amide bonds. The molecule has 0 aliphatic carbocycles. The van der Waals surface area contributed by atoms with Crippen molar-refractivity contribution >= 4 is 55.0 Å². The minimum absolute atomic E-state index is 0.0512. The SMILES string of the molecule is CC(C)N1[C@H](C(C)(C)C)COC12CCOCC2.CC(C)N1[C@H](C(C)(C)C)COC12CCS(=O)(=O)CC2.CC(C)N1[C@H](C(C)(C)C)CSC12CCOCC2.CC(C)N1[C@H](C(C)(C)C)CSC12CCS(=O)(=O)CC2.CC(C)[C@@H]1CC2(COC2)CN1C(C)C.CC(C)[C@@H]1COC2(COC2)N1C(C)C.CC(C)[C@@H]1CSC2(COC2)N1C(C)C. The molecule has 14 fully saturated rings. The molecule has 0 aromatic rings. The average molecular weight is 1710 g/mol. The Labute approximate surface area is 712 Å². The van der Waals surface area contributed by atoms with Crippen molar-refractivity contribution in [3.05, 3.63) is 0 Å². The van der Waals surface area contributed by atoms with E-state index in [0.717, 1.165) is 135 Å². The van der Waals surface area contributed by atoms with Crippen LogP contribution in [0, 0.1) is 44.8 Å². The van der Waals surface area contributed by atoms with Crippen LogP contribution in [-0.4, -0.2) is 300 Å². The van der Waals surface area contributed by atoms with Gasteiger partial charge in [0, 0.05) is 153 Å². The van der Waals surface area contributed by atoms with Crippen LogP contribution in [0.25, 0.3) is 0 Å². The van der Waals surface area contributed by atoms with Gasteiger partial charge in [0.15, 0.2) is 25.4 Å². The van der Waals surface area contributed by atoms with Crippen molar-refractivity contribution in [2.75, 3.05) is 133 Å². The molecule has 0 saturated carbocycles. The fourth-order valence-corrected chi connectivity index (χ4v) is 30.7. The Morgan fingerprint density at radius 1 is 0.316 bits per heavy atom. The Morgan fingerprint density at radius 2 is 0.658 bits per heavy atom. The second-order valence-corrected chi connectivity index (χ2v) is 52.7. The van der Waals surface area contributed by atoms with Crippen LogP contribution in [0.1, 0.15) is 279 Å². The fourth-order valence-electron chi connectivity index (χ4n) is 21.4. The standard InChI is InChI=1S/C14H27NO3S.C14H27NO2S2.C14H27NO2.C14H27NOS.C12H23NO.C11H21NO2.C11H21NOS/c2*1-11(2)15-12(13(3,4)5)10-18-14(15)6-8-19(16,17)9-7-14;2*1-11(2)15-12(13(3,4)5)10-17-14(15)6-8-16-9-7-14;1-9(2)11-5-12(7-14-8-12)6-13(11)10(3)4;2*1-8(2)10-5-14-11(6-13-7-11)12(10)9(3)4/h2*11-12H,6-10H2,1-5H3;2*11-12H,6-10H2,1-5H3;9-11H,5-8H2,1-4H3;2*8-10H,5-7H2,1-4H3/t4*12-;11-;2*10-/m0000000/s1. The van der Waals surface area contributed by atoms with Crippen molar-refractivity contribution in [1.82, 2.24) is 34.3 Å². The van der Waals surface area contributed by atoms with Gasteiger partial charge in [-0.05, 0) is 168 Å². The predicted molar refractivity (Wildman–Crippen MR) is 480 cm³/mol. The summed E-state index contributed by atoms with van der Waals surface area (Å²) in [6.45, 7) is 86.0. The lowest BCUT2D eigenvalue weighted by atomic mass is 9.82. The molecule has 14 heterocycles. The summed E-state index contributed by atoms with van der Waals surface area (Å²) in [5.74, 6) is 7.10. The Bertz CT molecular complexity index is 2950. The lowest BCUT2D eigenvalue weighted by Gasteiger charge is -2.48. The highest BCUT2D eigenvalue weighted by molar-refractivity contribution is 8.01. The molecule has 14 saturated heterocycles. The van der Waals surface area contributed by atoms with Crippen LogP contribution in [0.5, 0.6) is 0 Å². The van der Waals surface area contributed by atoms with Crippen LogP contribution in [-0.2, 0) is 57.6 Å². The van der Waals surface area contributed by atoms with Gasteiger partial charge in [0.25, 0.3) is 0 Å². The highest BCUT2D eigenvalue weighted by atomic mass is 32.2. The molecule has 0 aromatic heterocycles. The Balaban J connectivity index is 0.000000167. The zero-order valence-electron chi connectivity index (χ0n) is 78.6. The lowest BCUT2D eigenvalue weighted by Crippen LogP contribution is -2.63. The van der Waals surface area contributed by atoms with E-state index in [1.165, 1.54) is 37.3 Å². The molecule has 7 spiro atoms. The molecular formula is C90H173N7O12S5. The van der Waals surface area contributed by atoms with E-state index < -0.39 is 19.7 Å². The minimum atomic E-state index is -2.85. The molecule has 24 heteroatoms. The Hall–Kier alpha value is 0.350. The topological polar surface area (TPSA) is 165 Å². The van der Waals surface area contributed by atoms with Gasteiger partial charge in [-0.2, -0.15) is 0 Å². The maximum atomic E-state index is 11.7. The van der Waals surface area contributed by atoms with Crippen molar-refractivity contribution in [2.24, 2.45) is 44.8 Å². The van der Waals surface area contributed by atoms with Gasteiger partial charge in [0.2, 0.25) is 0 Å². The maximum absolute atomic E-state index is 11.7. The largest absolute Gasteiger partial charge is 0.381 e. The number of thioether (sulfide) groups is 3. The van der Waals surface area contributed by atoms with E-state index >= 15 is 0 Å². The fraction of sp³-hybridized carbons (Fsp3) is 1.00. The third-order valence-corrected chi connectivity index (χ3v) is 35.8. The van der Waals surface area contributed by atoms with E-state index in [0.29, 0.717) is 130 Å². The molecule has 7 atom stereocenters. The van der Waals surface area contributed by atoms with E-state index in [4.69, 9.17) is 37.9 Å². The molecule has 670 valence electrons. The first-order valence-electron chi connectivity index (χ1n) is 45.2. The molecule has 19 nitrogen and oxygen atoms in total. The summed E-state index contributed by atoms with van der Waals surface area (Å²) < 4.78 is 92.3. The monoisotopic (exact) mass is 1700 g/mol. The lowest BCUT2D eigenvalue weighted by molar-refractivity contribution is -0.250. The van der Waals surface area contributed by atoms with Gasteiger partial charge in [-0.3, -0.25) is 34.3 Å². The molecule has 0 aromatic carbocycles. The van der Waals surface area contributed by atoms with Gasteiger partial charge in [0.1, 0.15) is 16.3 Å². The summed E-state index contributed by atoms with van der Waals surface area (Å²) in [7, 11) is -5.64. The third-order valence-electron chi connectivity index (χ3n) is 27.8. The van der Waals surface area contributed by atoms with E-state index in [1.807, 2.05) is 11.8 Å². The van der Waals surface area contributed by atoms with Crippen molar-refractivity contribution < 1.29 is 54.7 Å². The number of nitrogens with zero attached hydrogens (tertiary/aromatic N) is 7. The van der Waals surface area contributed by atoms with Crippen LogP contribution >= 0.6 is 35.3 Å². The van der Waals surface area contributed by atoms with Crippen molar-refractivity contribution in [3.8, 4) is 0 Å². The summed E-state index contributed by atoms with van der Waals surface area (Å²) in [5, 5.41) is 0. The Kier molecular flexibility index (Phi) is 34.2. The van der Waals surface area contributed by atoms with Crippen LogP contribution in [0.3, 0.4) is 0 Å². The highest BCUT2D eigenvalue weighted by Crippen LogP contribution is 2.55. The molecule has 0 radical (unpaired) electrons. The number of ether oxygens (including phenoxy) is 8. The highest BCUT2D eigenvalue weighted by Gasteiger charge is 2.60. The van der Waals surface area contributed by atoms with Gasteiger partial charge < -0.3 is 37.9 Å². The number of sulfone groups is 2. The second-order valence-electron chi connectivity index (χ2n) is 44.0. The van der Waals surface area contributed by atoms with Crippen LogP contribution in [0.4, 0.5) is 0 Å². The molecule has 14 rings (SSSR count). The van der Waals surface area contributed by atoms with E-state index in [2.05, 4.69) is 279 Å². The number of hydrogen-bond donors (Lipinski definition) is 0. The third kappa shape index (κ3) is 23.0. The first-order chi connectivity index (χ1) is 52.6. The van der Waals surface area contributed by atoms with E-state index in [1.54, 1.807) is 0 Å². The normalized spacial score (nSPS) is 31.1. The van der Waals surface area contributed by atoms with E-state index in [-0.39, 0.29) is 49.8 Å². The molecule has 0 N–H and O–H groups in total. The second kappa shape index (κ2) is 39.1. The Morgan fingerprint density at radius 3 is 0.974 bits per heavy atom. The maximum Gasteiger partial charge on any atom is 0.169 e. The summed E-state index contributed by atoms with van der Waals surface area (Å²) >= 11 is 6.29. The smallest absolute Gasteiger partial charge is 0.169 e. The molecule has 114 heavy (non-hydrogen) atoms. The number of likely N-dealkylation sites (tertiary alicyclic amines) is 1. The predicted octanol–water partition coefficient (Wildman–Crippen LogP) is 16.6. The quantitative estimate of drug-likeness (QED) is 0.203. The summed E-state index contributed by atoms with van der Waals surface area (Å²) in [6, 6.07) is 8.04. The zero-order chi connectivity index (χ0) is 85.3. The first-order valence-corrected chi connectivity index (χ1v) is 51.8. The molecular weight excluding hydrogens is 1530 g/mol. The number of rotatable bonds is 10. The van der Waals surface area contributed by atoms with Crippen LogP contribution in [0.2, 0.25) is 0 Å². The molecule has 14 aliphatic rings. The van der Waals surface area contributed by atoms with Gasteiger partial charge in [-0.25, -0.2) is 16.8 Å². The minimum Gasteiger partial charge on any atom is -0.381 e. The van der Waals surface area contributed by atoms with Crippen LogP contribution in [0.15, 0.2) is 0 Å². The zero-order valence-corrected chi connectivity index (χ0v) is 82.7. The van der Waals surface area contributed by atoms with Gasteiger partial charge >= 0.3 is 0 Å².